The number of piperidine rings is 2. The van der Waals surface area contributed by atoms with Gasteiger partial charge in [0.2, 0.25) is 0 Å². The van der Waals surface area contributed by atoms with Crippen LogP contribution in [0.2, 0.25) is 0 Å². The predicted octanol–water partition coefficient (Wildman–Crippen LogP) is 2.92. The molecule has 188 valence electrons. The Balaban J connectivity index is 1.19. The Bertz CT molecular complexity index is 827. The quantitative estimate of drug-likeness (QED) is 0.299. The van der Waals surface area contributed by atoms with Crippen molar-refractivity contribution in [2.45, 2.75) is 51.9 Å². The fourth-order valence-corrected chi connectivity index (χ4v) is 6.58. The molecule has 4 nitrogen and oxygen atoms in total. The van der Waals surface area contributed by atoms with Gasteiger partial charge in [-0.15, -0.1) is 0 Å². The molecule has 0 spiro atoms. The first-order chi connectivity index (χ1) is 16.8. The van der Waals surface area contributed by atoms with Crippen molar-refractivity contribution in [2.75, 3.05) is 52.5 Å². The Morgan fingerprint density at radius 2 is 1.62 bits per heavy atom. The van der Waals surface area contributed by atoms with Crippen LogP contribution in [0.15, 0.2) is 50.3 Å². The maximum atomic E-state index is 6.17. The fraction of sp³-hybridized carbons (Fsp3) is 0.586. The van der Waals surface area contributed by atoms with E-state index < -0.39 is 0 Å². The van der Waals surface area contributed by atoms with Gasteiger partial charge in [-0.2, -0.15) is 0 Å². The molecular formula is C29H42IN2O2-. The van der Waals surface area contributed by atoms with Crippen LogP contribution in [0.25, 0.3) is 5.57 Å². The number of ether oxygens (including phenoxy) is 2. The smallest absolute Gasteiger partial charge is 0.000705 e. The van der Waals surface area contributed by atoms with E-state index in [9.17, 15) is 0 Å². The van der Waals surface area contributed by atoms with Gasteiger partial charge in [0.15, 0.2) is 0 Å². The largest absolute Gasteiger partial charge is 0.000705 e. The Morgan fingerprint density at radius 3 is 2.41 bits per heavy atom. The zero-order chi connectivity index (χ0) is 23.4. The van der Waals surface area contributed by atoms with Crippen molar-refractivity contribution in [3.63, 3.8) is 0 Å². The molecule has 0 radical (unpaired) electrons. The molecule has 3 aliphatic rings. The standard InChI is InChI=1S/C29H42IN2O2/c1-25-8-5-17-32(24-25)19-7-20-33-28-11-9-26(10-12-28)27-13-14-30-23-29(22-27)34-21-6-18-31-15-3-2-4-16-31/h9-14,22-23,25H,2-8,15-21,24H2,1H3/q-1/t25-/m0/s1. The first kappa shape index (κ1) is 25.8. The summed E-state index contributed by atoms with van der Waals surface area (Å²) < 4.78 is 16.8. The van der Waals surface area contributed by atoms with Crippen LogP contribution in [-0.2, 0) is 4.74 Å². The monoisotopic (exact) mass is 577 g/mol. The number of halogens is 1. The molecule has 0 N–H and O–H groups in total. The van der Waals surface area contributed by atoms with Crippen molar-refractivity contribution in [3.05, 3.63) is 55.9 Å². The molecule has 0 aromatic heterocycles. The molecule has 4 rings (SSSR count). The van der Waals surface area contributed by atoms with Crippen LogP contribution in [0.5, 0.6) is 5.75 Å². The van der Waals surface area contributed by atoms with E-state index in [1.165, 1.54) is 69.4 Å². The summed E-state index contributed by atoms with van der Waals surface area (Å²) in [6.07, 6.45) is 13.5. The molecule has 1 atom stereocenters. The molecular weight excluding hydrogens is 535 g/mol. The van der Waals surface area contributed by atoms with E-state index in [1.54, 1.807) is 0 Å². The van der Waals surface area contributed by atoms with E-state index >= 15 is 0 Å². The van der Waals surface area contributed by atoms with E-state index in [2.05, 4.69) is 61.3 Å². The zero-order valence-electron chi connectivity index (χ0n) is 20.9. The van der Waals surface area contributed by atoms with Crippen LogP contribution in [0.1, 0.15) is 57.4 Å². The molecule has 3 aliphatic heterocycles. The minimum atomic E-state index is -0.0920. The van der Waals surface area contributed by atoms with Crippen LogP contribution in [0.4, 0.5) is 0 Å². The van der Waals surface area contributed by atoms with Gasteiger partial charge in [-0.05, 0) is 25.3 Å². The van der Waals surface area contributed by atoms with Gasteiger partial charge in [-0.25, -0.2) is 0 Å². The van der Waals surface area contributed by atoms with E-state index in [0.717, 1.165) is 56.6 Å². The molecule has 1 aromatic carbocycles. The first-order valence-corrected chi connectivity index (χ1v) is 15.8. The van der Waals surface area contributed by atoms with Gasteiger partial charge in [0, 0.05) is 6.54 Å². The first-order valence-electron chi connectivity index (χ1n) is 13.3. The molecule has 0 aliphatic carbocycles. The van der Waals surface area contributed by atoms with Crippen LogP contribution in [0.3, 0.4) is 0 Å². The average molecular weight is 578 g/mol. The zero-order valence-corrected chi connectivity index (χ0v) is 23.0. The van der Waals surface area contributed by atoms with Crippen molar-refractivity contribution < 1.29 is 30.7 Å². The molecule has 5 heteroatoms. The third kappa shape index (κ3) is 8.72. The van der Waals surface area contributed by atoms with E-state index in [4.69, 9.17) is 9.47 Å². The summed E-state index contributed by atoms with van der Waals surface area (Å²) in [5, 5.41) is 0. The molecule has 0 bridgehead atoms. The predicted molar refractivity (Wildman–Crippen MR) is 137 cm³/mol. The van der Waals surface area contributed by atoms with Gasteiger partial charge in [-0.1, -0.05) is 6.92 Å². The Kier molecular flexibility index (Phi) is 10.8. The maximum Gasteiger partial charge on any atom is 0.000705 e. The van der Waals surface area contributed by atoms with Gasteiger partial charge in [0.1, 0.15) is 0 Å². The van der Waals surface area contributed by atoms with E-state index in [1.807, 2.05) is 0 Å². The van der Waals surface area contributed by atoms with E-state index in [-0.39, 0.29) is 21.2 Å². The Hall–Kier alpha value is -1.31. The molecule has 3 heterocycles. The van der Waals surface area contributed by atoms with Gasteiger partial charge in [0.25, 0.3) is 0 Å². The third-order valence-electron chi connectivity index (χ3n) is 6.94. The average Bonchev–Trinajstić information content (AvgIpc) is 3.11. The van der Waals surface area contributed by atoms with Crippen molar-refractivity contribution in [1.82, 2.24) is 9.80 Å². The normalized spacial score (nSPS) is 22.3. The summed E-state index contributed by atoms with van der Waals surface area (Å²) in [7, 11) is 0. The second-order valence-corrected chi connectivity index (χ2v) is 12.0. The molecule has 0 unspecified atom stereocenters. The minimum Gasteiger partial charge on any atom is 0.000705 e. The molecule has 2 fully saturated rings. The van der Waals surface area contributed by atoms with Crippen molar-refractivity contribution in [3.8, 4) is 5.75 Å². The van der Waals surface area contributed by atoms with Crippen molar-refractivity contribution in [2.24, 2.45) is 5.92 Å². The summed E-state index contributed by atoms with van der Waals surface area (Å²) in [6, 6.07) is 8.57. The van der Waals surface area contributed by atoms with Gasteiger partial charge >= 0.3 is 179 Å². The topological polar surface area (TPSA) is 24.9 Å². The second kappa shape index (κ2) is 14.3. The maximum absolute atomic E-state index is 6.17. The number of hydrogen-bond donors (Lipinski definition) is 0. The third-order valence-corrected chi connectivity index (χ3v) is 8.68. The van der Waals surface area contributed by atoms with Gasteiger partial charge in [-0.3, -0.25) is 0 Å². The summed E-state index contributed by atoms with van der Waals surface area (Å²) in [5.41, 5.74) is 2.45. The van der Waals surface area contributed by atoms with Gasteiger partial charge < -0.3 is 0 Å². The number of likely N-dealkylation sites (tertiary alicyclic amines) is 2. The summed E-state index contributed by atoms with van der Waals surface area (Å²) in [5.74, 6) is 2.85. The number of allylic oxidation sites excluding steroid dienone is 3. The molecule has 1 aromatic rings. The van der Waals surface area contributed by atoms with Crippen LogP contribution in [-0.4, -0.2) is 62.3 Å². The second-order valence-electron chi connectivity index (χ2n) is 9.91. The van der Waals surface area contributed by atoms with E-state index in [0.29, 0.717) is 0 Å². The number of benzene rings is 1. The van der Waals surface area contributed by atoms with Crippen molar-refractivity contribution >= 4 is 5.57 Å². The molecule has 0 saturated carbocycles. The Morgan fingerprint density at radius 1 is 0.882 bits per heavy atom. The van der Waals surface area contributed by atoms with Crippen LogP contribution >= 0.6 is 0 Å². The summed E-state index contributed by atoms with van der Waals surface area (Å²) >= 11 is -0.0920. The Labute approximate surface area is 217 Å². The SMILES string of the molecule is C[C@H]1CCCN(CCCOc2ccc(C3=CC(OCCCN4CCCCC4)=C[I-]C=C3)cc2)C1. The molecule has 34 heavy (non-hydrogen) atoms. The van der Waals surface area contributed by atoms with Crippen LogP contribution in [0, 0.1) is 5.92 Å². The molecule has 2 saturated heterocycles. The molecule has 0 amide bonds. The number of rotatable bonds is 11. The van der Waals surface area contributed by atoms with Crippen LogP contribution < -0.4 is 25.9 Å². The summed E-state index contributed by atoms with van der Waals surface area (Å²) in [4.78, 5) is 5.18. The van der Waals surface area contributed by atoms with Crippen molar-refractivity contribution in [1.29, 1.82) is 0 Å². The number of nitrogens with zero attached hydrogens (tertiary/aromatic N) is 2. The summed E-state index contributed by atoms with van der Waals surface area (Å²) in [6.45, 7) is 11.3. The fourth-order valence-electron chi connectivity index (χ4n) is 5.06. The van der Waals surface area contributed by atoms with Gasteiger partial charge in [0.05, 0.1) is 0 Å². The number of hydrogen-bond acceptors (Lipinski definition) is 4. The minimum absolute atomic E-state index is 0.0920.